The Hall–Kier alpha value is -2.32. The minimum absolute atomic E-state index is 0.329. The highest BCUT2D eigenvalue weighted by atomic mass is 16.6. The highest BCUT2D eigenvalue weighted by Gasteiger charge is 2.44. The molecular weight excluding hydrogens is 420 g/mol. The van der Waals surface area contributed by atoms with E-state index in [1.54, 1.807) is 0 Å². The summed E-state index contributed by atoms with van der Waals surface area (Å²) in [5.74, 6) is -4.94. The molecule has 0 saturated carbocycles. The normalized spacial score (nSPS) is 28.8. The number of nitrogens with one attached hydrogen (secondary N) is 2. The molecule has 1 saturated heterocycles. The van der Waals surface area contributed by atoms with Gasteiger partial charge in [0.2, 0.25) is 11.8 Å². The van der Waals surface area contributed by atoms with Crippen LogP contribution >= 0.6 is 0 Å². The van der Waals surface area contributed by atoms with Crippen LogP contribution in [0, 0.1) is 5.92 Å². The van der Waals surface area contributed by atoms with Crippen molar-refractivity contribution in [1.29, 1.82) is 0 Å². The van der Waals surface area contributed by atoms with Gasteiger partial charge in [-0.25, -0.2) is 4.79 Å². The Labute approximate surface area is 178 Å². The van der Waals surface area contributed by atoms with Crippen molar-refractivity contribution in [1.82, 2.24) is 10.6 Å². The Balaban J connectivity index is 2.66. The van der Waals surface area contributed by atoms with Gasteiger partial charge in [0.15, 0.2) is 6.29 Å². The van der Waals surface area contributed by atoms with Gasteiger partial charge in [0.1, 0.15) is 30.4 Å². The number of hydrogen-bond donors (Lipinski definition) is 7. The molecule has 178 valence electrons. The molecule has 1 aliphatic heterocycles. The molecule has 13 nitrogen and oxygen atoms in total. The number of carboxylic acids is 2. The molecule has 0 bridgehead atoms. The van der Waals surface area contributed by atoms with Crippen LogP contribution in [0.15, 0.2) is 0 Å². The molecule has 0 aromatic rings. The van der Waals surface area contributed by atoms with Crippen LogP contribution in [0.1, 0.15) is 33.6 Å². The standard InChI is InChI=1S/C18H30N2O11/c1-7-14(13(24)11(6-21)31-18(7)29)30-9(3)16(26)19-8(2)15(25)20-10(17(27)28)4-5-12(22)23/h7-11,13-14,18,21,24,29H,4-6H2,1-3H3,(H,19,26)(H,20,25)(H,22,23)(H,27,28)/t7-,8-,9+,10+,11?,13?,14+,18?/m0/s1. The van der Waals surface area contributed by atoms with Crippen LogP contribution in [-0.2, 0) is 28.7 Å². The second kappa shape index (κ2) is 11.9. The number of aliphatic hydroxyl groups is 3. The summed E-state index contributed by atoms with van der Waals surface area (Å²) in [6.45, 7) is 3.60. The van der Waals surface area contributed by atoms with Crippen molar-refractivity contribution < 1.29 is 54.2 Å². The molecule has 31 heavy (non-hydrogen) atoms. The number of carboxylic acid groups (broad SMARTS) is 2. The average molecular weight is 450 g/mol. The van der Waals surface area contributed by atoms with Gasteiger partial charge in [-0.3, -0.25) is 14.4 Å². The number of carbonyl (C=O) groups is 4. The Bertz CT molecular complexity index is 658. The number of aliphatic carboxylic acids is 2. The maximum Gasteiger partial charge on any atom is 0.326 e. The van der Waals surface area contributed by atoms with E-state index in [4.69, 9.17) is 19.7 Å². The minimum Gasteiger partial charge on any atom is -0.481 e. The van der Waals surface area contributed by atoms with E-state index in [1.807, 2.05) is 0 Å². The van der Waals surface area contributed by atoms with Gasteiger partial charge in [-0.15, -0.1) is 0 Å². The number of amides is 2. The maximum absolute atomic E-state index is 12.4. The Kier molecular flexibility index (Phi) is 10.3. The first-order valence-electron chi connectivity index (χ1n) is 9.72. The lowest BCUT2D eigenvalue weighted by Crippen LogP contribution is -2.58. The molecule has 3 unspecified atom stereocenters. The van der Waals surface area contributed by atoms with Gasteiger partial charge in [-0.2, -0.15) is 0 Å². The lowest BCUT2D eigenvalue weighted by Gasteiger charge is -2.41. The van der Waals surface area contributed by atoms with Crippen molar-refractivity contribution in [2.45, 2.75) is 76.4 Å². The van der Waals surface area contributed by atoms with Crippen molar-refractivity contribution in [3.63, 3.8) is 0 Å². The van der Waals surface area contributed by atoms with E-state index in [9.17, 15) is 34.5 Å². The smallest absolute Gasteiger partial charge is 0.326 e. The van der Waals surface area contributed by atoms with Crippen LogP contribution < -0.4 is 10.6 Å². The fraction of sp³-hybridized carbons (Fsp3) is 0.778. The van der Waals surface area contributed by atoms with Gasteiger partial charge in [-0.05, 0) is 20.3 Å². The van der Waals surface area contributed by atoms with E-state index >= 15 is 0 Å². The molecule has 2 amide bonds. The predicted octanol–water partition coefficient (Wildman–Crippen LogP) is -2.59. The Morgan fingerprint density at radius 3 is 2.19 bits per heavy atom. The predicted molar refractivity (Wildman–Crippen MR) is 102 cm³/mol. The molecule has 1 rings (SSSR count). The van der Waals surface area contributed by atoms with E-state index < -0.39 is 85.5 Å². The fourth-order valence-corrected chi connectivity index (χ4v) is 2.94. The number of hydrogen-bond acceptors (Lipinski definition) is 9. The van der Waals surface area contributed by atoms with Gasteiger partial charge in [-0.1, -0.05) is 6.92 Å². The Morgan fingerprint density at radius 1 is 1.06 bits per heavy atom. The van der Waals surface area contributed by atoms with Gasteiger partial charge in [0.25, 0.3) is 0 Å². The highest BCUT2D eigenvalue weighted by molar-refractivity contribution is 5.91. The summed E-state index contributed by atoms with van der Waals surface area (Å²) < 4.78 is 10.6. The average Bonchev–Trinajstić information content (AvgIpc) is 2.69. The number of ether oxygens (including phenoxy) is 2. The second-order valence-corrected chi connectivity index (χ2v) is 7.40. The quantitative estimate of drug-likeness (QED) is 0.173. The SMILES string of the molecule is C[C@H](NC(=O)[C@@H](C)O[C@H]1C(O)C(CO)OC(O)[C@H]1C)C(=O)N[C@H](CCC(=O)O)C(=O)O. The number of rotatable bonds is 11. The fourth-order valence-electron chi connectivity index (χ4n) is 2.94. The Morgan fingerprint density at radius 2 is 1.68 bits per heavy atom. The van der Waals surface area contributed by atoms with E-state index in [0.29, 0.717) is 0 Å². The van der Waals surface area contributed by atoms with Gasteiger partial charge < -0.3 is 45.6 Å². The third kappa shape index (κ3) is 7.70. The summed E-state index contributed by atoms with van der Waals surface area (Å²) in [6.07, 6.45) is -6.76. The largest absolute Gasteiger partial charge is 0.481 e. The van der Waals surface area contributed by atoms with E-state index in [2.05, 4.69) is 10.6 Å². The zero-order chi connectivity index (χ0) is 23.9. The van der Waals surface area contributed by atoms with Crippen molar-refractivity contribution in [2.75, 3.05) is 6.61 Å². The van der Waals surface area contributed by atoms with Crippen molar-refractivity contribution in [3.8, 4) is 0 Å². The van der Waals surface area contributed by atoms with Crippen LogP contribution in [0.5, 0.6) is 0 Å². The van der Waals surface area contributed by atoms with Crippen LogP contribution in [0.25, 0.3) is 0 Å². The molecule has 0 spiro atoms. The van der Waals surface area contributed by atoms with Crippen molar-refractivity contribution in [3.05, 3.63) is 0 Å². The molecule has 0 aromatic heterocycles. The first kappa shape index (κ1) is 26.7. The number of aliphatic hydroxyl groups excluding tert-OH is 3. The summed E-state index contributed by atoms with van der Waals surface area (Å²) >= 11 is 0. The number of carbonyl (C=O) groups excluding carboxylic acids is 2. The monoisotopic (exact) mass is 450 g/mol. The zero-order valence-electron chi connectivity index (χ0n) is 17.4. The summed E-state index contributed by atoms with van der Waals surface area (Å²) in [4.78, 5) is 46.3. The topological polar surface area (TPSA) is 212 Å². The summed E-state index contributed by atoms with van der Waals surface area (Å²) in [6, 6.07) is -2.61. The maximum atomic E-state index is 12.4. The summed E-state index contributed by atoms with van der Waals surface area (Å²) in [5, 5.41) is 51.6. The third-order valence-electron chi connectivity index (χ3n) is 4.92. The minimum atomic E-state index is -1.44. The van der Waals surface area contributed by atoms with E-state index in [1.165, 1.54) is 20.8 Å². The first-order valence-corrected chi connectivity index (χ1v) is 9.72. The van der Waals surface area contributed by atoms with Gasteiger partial charge >= 0.3 is 11.9 Å². The molecule has 0 aromatic carbocycles. The lowest BCUT2D eigenvalue weighted by molar-refractivity contribution is -0.278. The molecule has 7 N–H and O–H groups in total. The second-order valence-electron chi connectivity index (χ2n) is 7.40. The van der Waals surface area contributed by atoms with Crippen LogP contribution in [0.4, 0.5) is 0 Å². The third-order valence-corrected chi connectivity index (χ3v) is 4.92. The van der Waals surface area contributed by atoms with Gasteiger partial charge in [0.05, 0.1) is 12.7 Å². The van der Waals surface area contributed by atoms with Gasteiger partial charge in [0, 0.05) is 12.3 Å². The van der Waals surface area contributed by atoms with Crippen LogP contribution in [0.3, 0.4) is 0 Å². The molecule has 13 heteroatoms. The molecular formula is C18H30N2O11. The first-order chi connectivity index (χ1) is 14.4. The van der Waals surface area contributed by atoms with E-state index in [-0.39, 0.29) is 6.42 Å². The van der Waals surface area contributed by atoms with Crippen molar-refractivity contribution >= 4 is 23.8 Å². The van der Waals surface area contributed by atoms with Crippen LogP contribution in [0.2, 0.25) is 0 Å². The van der Waals surface area contributed by atoms with Crippen molar-refractivity contribution in [2.24, 2.45) is 5.92 Å². The molecule has 8 atom stereocenters. The van der Waals surface area contributed by atoms with E-state index in [0.717, 1.165) is 0 Å². The highest BCUT2D eigenvalue weighted by Crippen LogP contribution is 2.27. The molecule has 1 aliphatic rings. The molecule has 1 heterocycles. The zero-order valence-corrected chi connectivity index (χ0v) is 17.4. The van der Waals surface area contributed by atoms with Crippen LogP contribution in [-0.4, -0.2) is 98.7 Å². The summed E-state index contributed by atoms with van der Waals surface area (Å²) in [5.41, 5.74) is 0. The molecule has 0 aliphatic carbocycles. The molecule has 0 radical (unpaired) electrons. The summed E-state index contributed by atoms with van der Waals surface area (Å²) in [7, 11) is 0. The molecule has 1 fully saturated rings. The lowest BCUT2D eigenvalue weighted by atomic mass is 9.92.